The van der Waals surface area contributed by atoms with Crippen LogP contribution in [0.25, 0.3) is 0 Å². The van der Waals surface area contributed by atoms with Crippen molar-refractivity contribution < 1.29 is 9.47 Å². The Morgan fingerprint density at radius 2 is 1.71 bits per heavy atom. The molecule has 0 aromatic rings. The predicted octanol–water partition coefficient (Wildman–Crippen LogP) is 3.01. The largest absolute Gasteiger partial charge is 0.385 e. The molecule has 1 fully saturated rings. The lowest BCUT2D eigenvalue weighted by Crippen LogP contribution is -2.22. The minimum absolute atomic E-state index is 0.516. The zero-order valence-corrected chi connectivity index (χ0v) is 9.68. The Morgan fingerprint density at radius 1 is 1.00 bits per heavy atom. The Labute approximate surface area is 88.0 Å². The van der Waals surface area contributed by atoms with Crippen molar-refractivity contribution in [1.29, 1.82) is 0 Å². The van der Waals surface area contributed by atoms with Crippen LogP contribution in [-0.2, 0) is 9.47 Å². The van der Waals surface area contributed by atoms with Gasteiger partial charge in [0.05, 0.1) is 6.61 Å². The summed E-state index contributed by atoms with van der Waals surface area (Å²) in [6.45, 7) is 1.86. The second-order valence-electron chi connectivity index (χ2n) is 4.59. The molecule has 0 aromatic carbocycles. The van der Waals surface area contributed by atoms with Gasteiger partial charge in [-0.05, 0) is 31.1 Å². The molecule has 0 saturated heterocycles. The summed E-state index contributed by atoms with van der Waals surface area (Å²) in [7, 11) is 3.61. The van der Waals surface area contributed by atoms with Gasteiger partial charge in [0.15, 0.2) is 0 Å². The monoisotopic (exact) mass is 200 g/mol. The maximum atomic E-state index is 5.35. The molecule has 0 bridgehead atoms. The third-order valence-corrected chi connectivity index (χ3v) is 3.42. The molecule has 0 aliphatic heterocycles. The van der Waals surface area contributed by atoms with Crippen LogP contribution < -0.4 is 0 Å². The van der Waals surface area contributed by atoms with Crippen LogP contribution in [0.5, 0.6) is 0 Å². The molecule has 14 heavy (non-hydrogen) atoms. The van der Waals surface area contributed by atoms with Gasteiger partial charge in [0.2, 0.25) is 0 Å². The van der Waals surface area contributed by atoms with E-state index < -0.39 is 0 Å². The van der Waals surface area contributed by atoms with Crippen LogP contribution in [0, 0.1) is 5.41 Å². The fraction of sp³-hybridized carbons (Fsp3) is 1.00. The zero-order valence-electron chi connectivity index (χ0n) is 9.68. The van der Waals surface area contributed by atoms with Crippen molar-refractivity contribution in [2.45, 2.75) is 44.9 Å². The highest BCUT2D eigenvalue weighted by atomic mass is 16.5. The summed E-state index contributed by atoms with van der Waals surface area (Å²) in [5, 5.41) is 0. The molecule has 1 aliphatic rings. The number of ether oxygens (including phenoxy) is 2. The van der Waals surface area contributed by atoms with Crippen LogP contribution >= 0.6 is 0 Å². The smallest absolute Gasteiger partial charge is 0.0518 e. The van der Waals surface area contributed by atoms with Gasteiger partial charge in [-0.1, -0.05) is 19.3 Å². The van der Waals surface area contributed by atoms with Gasteiger partial charge in [0.25, 0.3) is 0 Å². The summed E-state index contributed by atoms with van der Waals surface area (Å²) < 4.78 is 10.4. The Bertz CT molecular complexity index is 139. The van der Waals surface area contributed by atoms with E-state index in [9.17, 15) is 0 Å². The van der Waals surface area contributed by atoms with Crippen molar-refractivity contribution in [2.75, 3.05) is 27.4 Å². The van der Waals surface area contributed by atoms with E-state index in [1.807, 2.05) is 7.11 Å². The van der Waals surface area contributed by atoms with Gasteiger partial charge in [0, 0.05) is 20.8 Å². The molecule has 0 amide bonds. The third kappa shape index (κ3) is 3.58. The Hall–Kier alpha value is -0.0800. The van der Waals surface area contributed by atoms with Gasteiger partial charge in [0.1, 0.15) is 0 Å². The normalized spacial score (nSPS) is 20.1. The summed E-state index contributed by atoms with van der Waals surface area (Å²) in [6.07, 6.45) is 9.34. The van der Waals surface area contributed by atoms with Crippen LogP contribution in [0.3, 0.4) is 0 Å². The minimum Gasteiger partial charge on any atom is -0.385 e. The Kier molecular flexibility index (Phi) is 5.49. The van der Waals surface area contributed by atoms with Crippen LogP contribution in [0.4, 0.5) is 0 Å². The van der Waals surface area contributed by atoms with E-state index in [0.717, 1.165) is 13.2 Å². The SMILES string of the molecule is COCCCCC1(COC)CCCC1. The fourth-order valence-electron chi connectivity index (χ4n) is 2.64. The number of methoxy groups -OCH3 is 2. The molecular weight excluding hydrogens is 176 g/mol. The second-order valence-corrected chi connectivity index (χ2v) is 4.59. The van der Waals surface area contributed by atoms with Gasteiger partial charge < -0.3 is 9.47 Å². The molecule has 0 spiro atoms. The maximum Gasteiger partial charge on any atom is 0.0518 e. The van der Waals surface area contributed by atoms with Crippen molar-refractivity contribution in [3.8, 4) is 0 Å². The molecule has 0 unspecified atom stereocenters. The highest BCUT2D eigenvalue weighted by Gasteiger charge is 2.32. The van der Waals surface area contributed by atoms with Crippen LogP contribution in [0.1, 0.15) is 44.9 Å². The first kappa shape index (κ1) is 12.0. The molecule has 1 saturated carbocycles. The van der Waals surface area contributed by atoms with E-state index in [0.29, 0.717) is 5.41 Å². The molecule has 1 aliphatic carbocycles. The third-order valence-electron chi connectivity index (χ3n) is 3.42. The van der Waals surface area contributed by atoms with Crippen LogP contribution in [0.2, 0.25) is 0 Å². The quantitative estimate of drug-likeness (QED) is 0.588. The molecular formula is C12H24O2. The molecule has 0 atom stereocenters. The summed E-state index contributed by atoms with van der Waals surface area (Å²) >= 11 is 0. The van der Waals surface area contributed by atoms with E-state index in [1.165, 1.54) is 44.9 Å². The first-order chi connectivity index (χ1) is 6.83. The molecule has 2 heteroatoms. The maximum absolute atomic E-state index is 5.35. The molecule has 0 aromatic heterocycles. The average molecular weight is 200 g/mol. The molecule has 1 rings (SSSR count). The van der Waals surface area contributed by atoms with Gasteiger partial charge in [-0.15, -0.1) is 0 Å². The average Bonchev–Trinajstić information content (AvgIpc) is 2.63. The van der Waals surface area contributed by atoms with Crippen molar-refractivity contribution in [3.05, 3.63) is 0 Å². The first-order valence-corrected chi connectivity index (χ1v) is 5.81. The van der Waals surface area contributed by atoms with E-state index in [4.69, 9.17) is 9.47 Å². The van der Waals surface area contributed by atoms with Crippen LogP contribution in [-0.4, -0.2) is 27.4 Å². The molecule has 2 nitrogen and oxygen atoms in total. The van der Waals surface area contributed by atoms with Gasteiger partial charge in [-0.25, -0.2) is 0 Å². The van der Waals surface area contributed by atoms with Crippen LogP contribution in [0.15, 0.2) is 0 Å². The Balaban J connectivity index is 2.21. The van der Waals surface area contributed by atoms with Gasteiger partial charge in [-0.2, -0.15) is 0 Å². The highest BCUT2D eigenvalue weighted by Crippen LogP contribution is 2.42. The first-order valence-electron chi connectivity index (χ1n) is 5.81. The van der Waals surface area contributed by atoms with Crippen molar-refractivity contribution >= 4 is 0 Å². The van der Waals surface area contributed by atoms with E-state index >= 15 is 0 Å². The summed E-state index contributed by atoms with van der Waals surface area (Å²) in [5.41, 5.74) is 0.516. The molecule has 84 valence electrons. The van der Waals surface area contributed by atoms with Crippen molar-refractivity contribution in [1.82, 2.24) is 0 Å². The van der Waals surface area contributed by atoms with E-state index in [-0.39, 0.29) is 0 Å². The number of unbranched alkanes of at least 4 members (excludes halogenated alkanes) is 1. The summed E-state index contributed by atoms with van der Waals surface area (Å²) in [5.74, 6) is 0. The fourth-order valence-corrected chi connectivity index (χ4v) is 2.64. The number of rotatable bonds is 7. The van der Waals surface area contributed by atoms with Crippen molar-refractivity contribution in [3.63, 3.8) is 0 Å². The predicted molar refractivity (Wildman–Crippen MR) is 58.5 cm³/mol. The summed E-state index contributed by atoms with van der Waals surface area (Å²) in [4.78, 5) is 0. The van der Waals surface area contributed by atoms with Crippen molar-refractivity contribution in [2.24, 2.45) is 5.41 Å². The minimum atomic E-state index is 0.516. The summed E-state index contributed by atoms with van der Waals surface area (Å²) in [6, 6.07) is 0. The van der Waals surface area contributed by atoms with E-state index in [2.05, 4.69) is 0 Å². The number of hydrogen-bond donors (Lipinski definition) is 0. The lowest BCUT2D eigenvalue weighted by atomic mass is 9.82. The molecule has 0 radical (unpaired) electrons. The lowest BCUT2D eigenvalue weighted by molar-refractivity contribution is 0.0724. The Morgan fingerprint density at radius 3 is 2.29 bits per heavy atom. The zero-order chi connectivity index (χ0) is 10.3. The molecule has 0 heterocycles. The topological polar surface area (TPSA) is 18.5 Å². The van der Waals surface area contributed by atoms with Gasteiger partial charge in [-0.3, -0.25) is 0 Å². The number of hydrogen-bond acceptors (Lipinski definition) is 2. The van der Waals surface area contributed by atoms with Gasteiger partial charge >= 0.3 is 0 Å². The second kappa shape index (κ2) is 6.41. The lowest BCUT2D eigenvalue weighted by Gasteiger charge is -2.28. The standard InChI is InChI=1S/C12H24O2/c1-13-10-6-5-9-12(11-14-2)7-3-4-8-12/h3-11H2,1-2H3. The van der Waals surface area contributed by atoms with E-state index in [1.54, 1.807) is 7.11 Å². The highest BCUT2D eigenvalue weighted by molar-refractivity contribution is 4.84. The molecule has 0 N–H and O–H groups in total.